The van der Waals surface area contributed by atoms with Crippen molar-refractivity contribution in [3.63, 3.8) is 0 Å². The number of hydrogen-bond acceptors (Lipinski definition) is 8. The molecule has 0 bridgehead atoms. The van der Waals surface area contributed by atoms with Gasteiger partial charge in [0.05, 0.1) is 15.5 Å². The van der Waals surface area contributed by atoms with Crippen molar-refractivity contribution >= 4 is 56.8 Å². The predicted molar refractivity (Wildman–Crippen MR) is 97.5 cm³/mol. The largest absolute Gasteiger partial charge is 0.368 e. The summed E-state index contributed by atoms with van der Waals surface area (Å²) in [6.07, 6.45) is 0. The summed E-state index contributed by atoms with van der Waals surface area (Å²) in [4.78, 5) is 19.2. The number of halogens is 1. The van der Waals surface area contributed by atoms with Gasteiger partial charge >= 0.3 is 0 Å². The van der Waals surface area contributed by atoms with E-state index in [1.807, 2.05) is 39.2 Å². The van der Waals surface area contributed by atoms with Gasteiger partial charge in [0.25, 0.3) is 0 Å². The number of thioether (sulfide) groups is 1. The highest BCUT2D eigenvalue weighted by Gasteiger charge is 2.16. The van der Waals surface area contributed by atoms with Gasteiger partial charge in [-0.25, -0.2) is 4.98 Å². The van der Waals surface area contributed by atoms with Crippen molar-refractivity contribution in [3.8, 4) is 0 Å². The van der Waals surface area contributed by atoms with Crippen LogP contribution in [0.2, 0.25) is 5.02 Å². The van der Waals surface area contributed by atoms with Crippen molar-refractivity contribution in [1.82, 2.24) is 19.9 Å². The third kappa shape index (κ3) is 3.65. The van der Waals surface area contributed by atoms with Crippen LogP contribution in [0.4, 0.5) is 11.9 Å². The SMILES string of the molecule is CC(Sc1nc2cc(Cl)ccc2s1)c1nc(N)nc(N(C)C)n1. The molecule has 0 radical (unpaired) electrons. The van der Waals surface area contributed by atoms with E-state index in [0.717, 1.165) is 14.6 Å². The Kier molecular flexibility index (Phi) is 4.56. The summed E-state index contributed by atoms with van der Waals surface area (Å²) in [7, 11) is 3.74. The van der Waals surface area contributed by atoms with Crippen LogP contribution in [0.5, 0.6) is 0 Å². The lowest BCUT2D eigenvalue weighted by Gasteiger charge is -2.13. The van der Waals surface area contributed by atoms with Gasteiger partial charge in [-0.3, -0.25) is 0 Å². The molecule has 6 nitrogen and oxygen atoms in total. The highest BCUT2D eigenvalue weighted by molar-refractivity contribution is 8.01. The smallest absolute Gasteiger partial charge is 0.229 e. The molecule has 9 heteroatoms. The molecule has 2 N–H and O–H groups in total. The molecule has 2 heterocycles. The minimum absolute atomic E-state index is 0.00929. The molecule has 3 rings (SSSR count). The van der Waals surface area contributed by atoms with Gasteiger partial charge in [0.2, 0.25) is 11.9 Å². The number of benzene rings is 1. The average molecular weight is 367 g/mol. The van der Waals surface area contributed by atoms with Crippen LogP contribution in [-0.2, 0) is 0 Å². The van der Waals surface area contributed by atoms with Crippen LogP contribution in [-0.4, -0.2) is 34.0 Å². The van der Waals surface area contributed by atoms with Gasteiger partial charge in [-0.15, -0.1) is 11.3 Å². The van der Waals surface area contributed by atoms with E-state index in [2.05, 4.69) is 19.9 Å². The highest BCUT2D eigenvalue weighted by Crippen LogP contribution is 2.38. The maximum absolute atomic E-state index is 6.01. The standard InChI is InChI=1S/C14H15ClN6S2/c1-7(11-18-12(16)20-13(19-11)21(2)3)22-14-17-9-6-8(15)4-5-10(9)23-14/h4-7H,1-3H3,(H2,16,18,19,20). The zero-order valence-corrected chi connectivity index (χ0v) is 15.2. The van der Waals surface area contributed by atoms with E-state index in [-0.39, 0.29) is 11.2 Å². The molecule has 1 atom stereocenters. The van der Waals surface area contributed by atoms with Gasteiger partial charge in [-0.05, 0) is 25.1 Å². The molecule has 0 aliphatic heterocycles. The summed E-state index contributed by atoms with van der Waals surface area (Å²) in [5.41, 5.74) is 6.68. The van der Waals surface area contributed by atoms with Crippen LogP contribution in [0.1, 0.15) is 18.0 Å². The zero-order chi connectivity index (χ0) is 16.6. The lowest BCUT2D eigenvalue weighted by molar-refractivity contribution is 0.864. The number of anilines is 2. The molecule has 0 aliphatic carbocycles. The van der Waals surface area contributed by atoms with Crippen molar-refractivity contribution in [2.75, 3.05) is 24.7 Å². The van der Waals surface area contributed by atoms with E-state index < -0.39 is 0 Å². The number of aromatic nitrogens is 4. The van der Waals surface area contributed by atoms with Gasteiger partial charge in [0, 0.05) is 19.1 Å². The van der Waals surface area contributed by atoms with E-state index in [9.17, 15) is 0 Å². The fourth-order valence-corrected chi connectivity index (χ4v) is 4.32. The molecular weight excluding hydrogens is 352 g/mol. The summed E-state index contributed by atoms with van der Waals surface area (Å²) in [6.45, 7) is 2.03. The van der Waals surface area contributed by atoms with Gasteiger partial charge in [0.15, 0.2) is 4.34 Å². The van der Waals surface area contributed by atoms with Crippen LogP contribution >= 0.6 is 34.7 Å². The minimum atomic E-state index is 0.00929. The number of rotatable bonds is 4. The Morgan fingerprint density at radius 3 is 2.74 bits per heavy atom. The van der Waals surface area contributed by atoms with Crippen LogP contribution < -0.4 is 10.6 Å². The summed E-state index contributed by atoms with van der Waals surface area (Å²) in [5, 5.41) is 0.697. The maximum atomic E-state index is 6.01. The summed E-state index contributed by atoms with van der Waals surface area (Å²) >= 11 is 9.23. The average Bonchev–Trinajstić information content (AvgIpc) is 2.87. The van der Waals surface area contributed by atoms with Crippen LogP contribution in [0.3, 0.4) is 0 Å². The molecule has 0 amide bonds. The van der Waals surface area contributed by atoms with Crippen molar-refractivity contribution in [1.29, 1.82) is 0 Å². The van der Waals surface area contributed by atoms with Crippen LogP contribution in [0, 0.1) is 0 Å². The Hall–Kier alpha value is -1.64. The Labute approximate surface area is 147 Å². The van der Waals surface area contributed by atoms with Gasteiger partial charge in [-0.2, -0.15) is 15.0 Å². The Bertz CT molecular complexity index is 850. The predicted octanol–water partition coefficient (Wildman–Crippen LogP) is 3.64. The summed E-state index contributed by atoms with van der Waals surface area (Å²) in [6, 6.07) is 5.72. The van der Waals surface area contributed by atoms with Crippen LogP contribution in [0.15, 0.2) is 22.5 Å². The highest BCUT2D eigenvalue weighted by atomic mass is 35.5. The second-order valence-corrected chi connectivity index (χ2v) is 8.15. The topological polar surface area (TPSA) is 80.8 Å². The molecule has 0 aliphatic rings. The third-order valence-electron chi connectivity index (χ3n) is 3.03. The van der Waals surface area contributed by atoms with Gasteiger partial charge < -0.3 is 10.6 Å². The van der Waals surface area contributed by atoms with Crippen molar-refractivity contribution in [2.24, 2.45) is 0 Å². The molecule has 2 aromatic heterocycles. The number of fused-ring (bicyclic) bond motifs is 1. The summed E-state index contributed by atoms with van der Waals surface area (Å²) < 4.78 is 2.05. The number of nitrogens with two attached hydrogens (primary N) is 1. The van der Waals surface area contributed by atoms with Crippen molar-refractivity contribution in [2.45, 2.75) is 16.5 Å². The maximum Gasteiger partial charge on any atom is 0.229 e. The fourth-order valence-electron chi connectivity index (χ4n) is 1.91. The first-order valence-electron chi connectivity index (χ1n) is 6.84. The lowest BCUT2D eigenvalue weighted by Crippen LogP contribution is -2.16. The normalized spacial score (nSPS) is 12.5. The van der Waals surface area contributed by atoms with Crippen LogP contribution in [0.25, 0.3) is 10.2 Å². The molecule has 0 fully saturated rings. The monoisotopic (exact) mass is 366 g/mol. The van der Waals surface area contributed by atoms with Gasteiger partial charge in [-0.1, -0.05) is 23.4 Å². The second kappa shape index (κ2) is 6.46. The minimum Gasteiger partial charge on any atom is -0.368 e. The number of nitrogen functional groups attached to an aromatic ring is 1. The van der Waals surface area contributed by atoms with E-state index >= 15 is 0 Å². The van der Waals surface area contributed by atoms with E-state index in [0.29, 0.717) is 16.8 Å². The molecule has 0 saturated heterocycles. The lowest BCUT2D eigenvalue weighted by atomic mass is 10.3. The third-order valence-corrected chi connectivity index (χ3v) is 5.49. The first kappa shape index (κ1) is 16.2. The Morgan fingerprint density at radius 2 is 2.00 bits per heavy atom. The second-order valence-electron chi connectivity index (χ2n) is 5.10. The quantitative estimate of drug-likeness (QED) is 0.706. The van der Waals surface area contributed by atoms with Crippen molar-refractivity contribution < 1.29 is 0 Å². The molecule has 120 valence electrons. The Morgan fingerprint density at radius 1 is 1.22 bits per heavy atom. The van der Waals surface area contributed by atoms with Gasteiger partial charge in [0.1, 0.15) is 5.82 Å². The van der Waals surface area contributed by atoms with E-state index in [1.54, 1.807) is 28.0 Å². The molecule has 0 saturated carbocycles. The molecular formula is C14H15ClN6S2. The number of hydrogen-bond donors (Lipinski definition) is 1. The summed E-state index contributed by atoms with van der Waals surface area (Å²) in [5.74, 6) is 1.42. The first-order valence-corrected chi connectivity index (χ1v) is 8.91. The first-order chi connectivity index (χ1) is 10.9. The fraction of sp³-hybridized carbons (Fsp3) is 0.286. The van der Waals surface area contributed by atoms with E-state index in [4.69, 9.17) is 17.3 Å². The molecule has 1 unspecified atom stereocenters. The molecule has 23 heavy (non-hydrogen) atoms. The number of thiazole rings is 1. The zero-order valence-electron chi connectivity index (χ0n) is 12.8. The molecule has 3 aromatic rings. The Balaban J connectivity index is 1.86. The number of nitrogens with zero attached hydrogens (tertiary/aromatic N) is 5. The molecule has 0 spiro atoms. The van der Waals surface area contributed by atoms with Crippen molar-refractivity contribution in [3.05, 3.63) is 29.0 Å². The van der Waals surface area contributed by atoms with E-state index in [1.165, 1.54) is 0 Å². The molecule has 1 aromatic carbocycles.